The Morgan fingerprint density at radius 1 is 1.59 bits per heavy atom. The molecular weight excluding hydrogens is 220 g/mol. The van der Waals surface area contributed by atoms with Gasteiger partial charge >= 0.3 is 5.82 Å². The van der Waals surface area contributed by atoms with Crippen molar-refractivity contribution in [3.05, 3.63) is 28.4 Å². The molecule has 0 bridgehead atoms. The first-order chi connectivity index (χ1) is 8.20. The third-order valence-corrected chi connectivity index (χ3v) is 3.11. The van der Waals surface area contributed by atoms with Crippen LogP contribution >= 0.6 is 0 Å². The Balaban J connectivity index is 2.08. The van der Waals surface area contributed by atoms with Gasteiger partial charge in [-0.05, 0) is 35.9 Å². The molecule has 1 N–H and O–H groups in total. The minimum atomic E-state index is -0.476. The maximum absolute atomic E-state index is 10.5. The van der Waals surface area contributed by atoms with E-state index in [9.17, 15) is 10.1 Å². The van der Waals surface area contributed by atoms with Gasteiger partial charge in [-0.2, -0.15) is 0 Å². The molecule has 17 heavy (non-hydrogen) atoms. The van der Waals surface area contributed by atoms with Crippen LogP contribution in [0.2, 0.25) is 0 Å². The van der Waals surface area contributed by atoms with Gasteiger partial charge in [-0.1, -0.05) is 0 Å². The van der Waals surface area contributed by atoms with Gasteiger partial charge in [0, 0.05) is 25.2 Å². The molecule has 1 fully saturated rings. The molecule has 2 rings (SSSR count). The predicted molar refractivity (Wildman–Crippen MR) is 65.2 cm³/mol. The highest BCUT2D eigenvalue weighted by Crippen LogP contribution is 2.20. The zero-order valence-electron chi connectivity index (χ0n) is 9.80. The Morgan fingerprint density at radius 3 is 3.00 bits per heavy atom. The van der Waals surface area contributed by atoms with Crippen molar-refractivity contribution < 1.29 is 4.92 Å². The van der Waals surface area contributed by atoms with Gasteiger partial charge in [0.15, 0.2) is 6.20 Å². The van der Waals surface area contributed by atoms with Crippen molar-refractivity contribution in [2.45, 2.75) is 18.9 Å². The predicted octanol–water partition coefficient (Wildman–Crippen LogP) is 1.18. The van der Waals surface area contributed by atoms with Crippen LogP contribution in [-0.4, -0.2) is 36.1 Å². The molecule has 1 aliphatic heterocycles. The lowest BCUT2D eigenvalue weighted by Crippen LogP contribution is -2.44. The highest BCUT2D eigenvalue weighted by molar-refractivity contribution is 5.47. The SMILES string of the molecule is CNC1CCCN(c2ccc([N+](=O)[O-])nc2)C1. The molecule has 1 unspecified atom stereocenters. The summed E-state index contributed by atoms with van der Waals surface area (Å²) in [7, 11) is 1.96. The molecule has 1 aromatic rings. The van der Waals surface area contributed by atoms with Gasteiger partial charge in [-0.25, -0.2) is 0 Å². The van der Waals surface area contributed by atoms with E-state index in [-0.39, 0.29) is 5.82 Å². The summed E-state index contributed by atoms with van der Waals surface area (Å²) in [5.74, 6) is -0.101. The van der Waals surface area contributed by atoms with Crippen LogP contribution in [-0.2, 0) is 0 Å². The fourth-order valence-electron chi connectivity index (χ4n) is 2.12. The zero-order valence-corrected chi connectivity index (χ0v) is 9.80. The zero-order chi connectivity index (χ0) is 12.3. The van der Waals surface area contributed by atoms with Gasteiger partial charge in [-0.15, -0.1) is 0 Å². The van der Waals surface area contributed by atoms with E-state index in [0.29, 0.717) is 6.04 Å². The average Bonchev–Trinajstić information content (AvgIpc) is 2.39. The summed E-state index contributed by atoms with van der Waals surface area (Å²) in [6, 6.07) is 3.71. The highest BCUT2D eigenvalue weighted by atomic mass is 16.6. The number of hydrogen-bond acceptors (Lipinski definition) is 5. The second kappa shape index (κ2) is 5.09. The molecule has 1 aliphatic rings. The second-order valence-electron chi connectivity index (χ2n) is 4.21. The Kier molecular flexibility index (Phi) is 3.53. The highest BCUT2D eigenvalue weighted by Gasteiger charge is 2.20. The number of piperidine rings is 1. The third-order valence-electron chi connectivity index (χ3n) is 3.11. The quantitative estimate of drug-likeness (QED) is 0.630. The van der Waals surface area contributed by atoms with Crippen molar-refractivity contribution >= 4 is 11.5 Å². The summed E-state index contributed by atoms with van der Waals surface area (Å²) in [6.45, 7) is 1.91. The Hall–Kier alpha value is -1.69. The van der Waals surface area contributed by atoms with Crippen LogP contribution in [0.15, 0.2) is 18.3 Å². The minimum absolute atomic E-state index is 0.101. The fraction of sp³-hybridized carbons (Fsp3) is 0.545. The minimum Gasteiger partial charge on any atom is -0.367 e. The first kappa shape index (κ1) is 11.8. The number of aromatic nitrogens is 1. The lowest BCUT2D eigenvalue weighted by atomic mass is 10.1. The number of nitro groups is 1. The number of hydrogen-bond donors (Lipinski definition) is 1. The lowest BCUT2D eigenvalue weighted by Gasteiger charge is -2.33. The second-order valence-corrected chi connectivity index (χ2v) is 4.21. The number of rotatable bonds is 3. The van der Waals surface area contributed by atoms with Crippen molar-refractivity contribution in [2.24, 2.45) is 0 Å². The van der Waals surface area contributed by atoms with E-state index >= 15 is 0 Å². The van der Waals surface area contributed by atoms with E-state index in [4.69, 9.17) is 0 Å². The molecule has 0 saturated carbocycles. The molecule has 6 heteroatoms. The summed E-state index contributed by atoms with van der Waals surface area (Å²) in [5.41, 5.74) is 0.954. The molecule has 92 valence electrons. The summed E-state index contributed by atoms with van der Waals surface area (Å²) in [4.78, 5) is 16.1. The molecule has 6 nitrogen and oxygen atoms in total. The molecule has 2 heterocycles. The van der Waals surface area contributed by atoms with Gasteiger partial charge in [0.25, 0.3) is 0 Å². The van der Waals surface area contributed by atoms with E-state index in [0.717, 1.165) is 25.2 Å². The number of pyridine rings is 1. The maximum atomic E-state index is 10.5. The van der Waals surface area contributed by atoms with E-state index in [1.54, 1.807) is 12.3 Å². The number of nitrogens with one attached hydrogen (secondary N) is 1. The van der Waals surface area contributed by atoms with E-state index < -0.39 is 4.92 Å². The Bertz CT molecular complexity index is 393. The third kappa shape index (κ3) is 2.71. The molecule has 1 atom stereocenters. The molecule has 0 amide bonds. The molecule has 0 spiro atoms. The van der Waals surface area contributed by atoms with Gasteiger partial charge in [0.2, 0.25) is 0 Å². The van der Waals surface area contributed by atoms with Crippen LogP contribution < -0.4 is 10.2 Å². The Morgan fingerprint density at radius 2 is 2.41 bits per heavy atom. The van der Waals surface area contributed by atoms with E-state index in [1.807, 2.05) is 7.05 Å². The van der Waals surface area contributed by atoms with Crippen LogP contribution in [0, 0.1) is 10.1 Å². The summed E-state index contributed by atoms with van der Waals surface area (Å²) < 4.78 is 0. The molecule has 1 aromatic heterocycles. The van der Waals surface area contributed by atoms with Crippen molar-refractivity contribution in [2.75, 3.05) is 25.0 Å². The van der Waals surface area contributed by atoms with Crippen LogP contribution in [0.3, 0.4) is 0 Å². The maximum Gasteiger partial charge on any atom is 0.363 e. The molecule has 0 radical (unpaired) electrons. The van der Waals surface area contributed by atoms with Crippen molar-refractivity contribution in [1.29, 1.82) is 0 Å². The first-order valence-electron chi connectivity index (χ1n) is 5.73. The van der Waals surface area contributed by atoms with E-state index in [2.05, 4.69) is 15.2 Å². The van der Waals surface area contributed by atoms with Gasteiger partial charge < -0.3 is 20.3 Å². The summed E-state index contributed by atoms with van der Waals surface area (Å²) >= 11 is 0. The topological polar surface area (TPSA) is 71.3 Å². The first-order valence-corrected chi connectivity index (χ1v) is 5.73. The van der Waals surface area contributed by atoms with E-state index in [1.165, 1.54) is 12.5 Å². The van der Waals surface area contributed by atoms with Crippen molar-refractivity contribution in [1.82, 2.24) is 10.3 Å². The van der Waals surface area contributed by atoms with Crippen LogP contribution in [0.1, 0.15) is 12.8 Å². The summed E-state index contributed by atoms with van der Waals surface area (Å²) in [6.07, 6.45) is 3.88. The number of anilines is 1. The normalized spacial score (nSPS) is 20.3. The fourth-order valence-corrected chi connectivity index (χ4v) is 2.12. The van der Waals surface area contributed by atoms with Crippen molar-refractivity contribution in [3.63, 3.8) is 0 Å². The van der Waals surface area contributed by atoms with Crippen molar-refractivity contribution in [3.8, 4) is 0 Å². The van der Waals surface area contributed by atoms with Gasteiger partial charge in [-0.3, -0.25) is 0 Å². The Labute approximate surface area is 99.8 Å². The summed E-state index contributed by atoms with van der Waals surface area (Å²) in [5, 5.41) is 13.8. The molecule has 0 aliphatic carbocycles. The van der Waals surface area contributed by atoms with Crippen LogP contribution in [0.5, 0.6) is 0 Å². The standard InChI is InChI=1S/C11H16N4O2/c1-12-9-3-2-6-14(8-9)10-4-5-11(13-7-10)15(16)17/h4-5,7,9,12H,2-3,6,8H2,1H3. The largest absolute Gasteiger partial charge is 0.367 e. The molecular formula is C11H16N4O2. The van der Waals surface area contributed by atoms with Gasteiger partial charge in [0.1, 0.15) is 0 Å². The number of likely N-dealkylation sites (N-methyl/N-ethyl adjacent to an activating group) is 1. The number of nitrogens with zero attached hydrogens (tertiary/aromatic N) is 3. The molecule has 1 saturated heterocycles. The monoisotopic (exact) mass is 236 g/mol. The van der Waals surface area contributed by atoms with Gasteiger partial charge in [0.05, 0.1) is 5.69 Å². The smallest absolute Gasteiger partial charge is 0.363 e. The molecule has 0 aromatic carbocycles. The van der Waals surface area contributed by atoms with Crippen LogP contribution in [0.25, 0.3) is 0 Å². The van der Waals surface area contributed by atoms with Crippen LogP contribution in [0.4, 0.5) is 11.5 Å². The lowest BCUT2D eigenvalue weighted by molar-refractivity contribution is -0.389. The average molecular weight is 236 g/mol.